The number of benzene rings is 1. The van der Waals surface area contributed by atoms with E-state index in [1.807, 2.05) is 0 Å². The summed E-state index contributed by atoms with van der Waals surface area (Å²) < 4.78 is 31.6. The number of esters is 4. The van der Waals surface area contributed by atoms with Crippen LogP contribution >= 0.6 is 0 Å². The highest BCUT2D eigenvalue weighted by Gasteiger charge is 2.53. The van der Waals surface area contributed by atoms with E-state index in [1.54, 1.807) is 12.1 Å². The van der Waals surface area contributed by atoms with Gasteiger partial charge in [-0.25, -0.2) is 4.79 Å². The second-order valence-electron chi connectivity index (χ2n) is 7.45. The number of amides is 1. The van der Waals surface area contributed by atoms with Crippen molar-refractivity contribution in [1.82, 2.24) is 0 Å². The first-order chi connectivity index (χ1) is 16.5. The van der Waals surface area contributed by atoms with Crippen molar-refractivity contribution in [3.05, 3.63) is 29.8 Å². The number of carbonyl (C=O) groups excluding carboxylic acids is 5. The van der Waals surface area contributed by atoms with Crippen LogP contribution in [0.15, 0.2) is 24.3 Å². The topological polar surface area (TPSA) is 173 Å². The highest BCUT2D eigenvalue weighted by atomic mass is 16.8. The Morgan fingerprint density at radius 1 is 0.800 bits per heavy atom. The minimum Gasteiger partial charge on any atom is -0.463 e. The van der Waals surface area contributed by atoms with Gasteiger partial charge in [-0.05, 0) is 17.7 Å². The molecule has 1 aliphatic rings. The summed E-state index contributed by atoms with van der Waals surface area (Å²) in [4.78, 5) is 59.2. The molecule has 0 unspecified atom stereocenters. The number of ether oxygens (including phenoxy) is 6. The quantitative estimate of drug-likeness (QED) is 0.383. The lowest BCUT2D eigenvalue weighted by molar-refractivity contribution is -0.293. The third-order valence-corrected chi connectivity index (χ3v) is 4.55. The maximum absolute atomic E-state index is 12.5. The molecule has 0 aliphatic carbocycles. The van der Waals surface area contributed by atoms with Crippen molar-refractivity contribution in [2.45, 2.75) is 65.0 Å². The molecule has 1 aliphatic heterocycles. The van der Waals surface area contributed by atoms with Gasteiger partial charge in [0.2, 0.25) is 12.4 Å². The van der Waals surface area contributed by atoms with Crippen LogP contribution in [0.2, 0.25) is 0 Å². The van der Waals surface area contributed by atoms with Gasteiger partial charge in [0.1, 0.15) is 12.7 Å². The summed E-state index contributed by atoms with van der Waals surface area (Å²) in [6, 6.07) is 6.17. The fraction of sp³-hybridized carbons (Fsp3) is 0.500. The maximum atomic E-state index is 12.5. The molecular formula is C22H27NO12. The van der Waals surface area contributed by atoms with Crippen LogP contribution < -0.4 is 5.32 Å². The molecule has 0 spiro atoms. The third kappa shape index (κ3) is 8.54. The number of hydrogen-bond acceptors (Lipinski definition) is 12. The summed E-state index contributed by atoms with van der Waals surface area (Å²) in [6.07, 6.45) is -8.28. The zero-order valence-electron chi connectivity index (χ0n) is 19.5. The number of rotatable bonds is 8. The SMILES string of the molecule is CC(=O)OC[C@H]1O[C@H](OC(=O)Nc2ccc(CO)cc2)[C@H](OC(C)=O)[C@@H](OC(C)=O)[C@H]1OC(C)=O. The van der Waals surface area contributed by atoms with Crippen molar-refractivity contribution in [3.8, 4) is 0 Å². The van der Waals surface area contributed by atoms with Gasteiger partial charge in [-0.2, -0.15) is 0 Å². The van der Waals surface area contributed by atoms with Crippen molar-refractivity contribution in [1.29, 1.82) is 0 Å². The van der Waals surface area contributed by atoms with E-state index >= 15 is 0 Å². The Morgan fingerprint density at radius 3 is 1.86 bits per heavy atom. The van der Waals surface area contributed by atoms with Crippen LogP contribution in [0.4, 0.5) is 10.5 Å². The van der Waals surface area contributed by atoms with E-state index in [0.29, 0.717) is 11.3 Å². The van der Waals surface area contributed by atoms with E-state index in [1.165, 1.54) is 12.1 Å². The summed E-state index contributed by atoms with van der Waals surface area (Å²) in [6.45, 7) is 3.73. The minimum absolute atomic E-state index is 0.185. The van der Waals surface area contributed by atoms with Gasteiger partial charge in [-0.3, -0.25) is 24.5 Å². The first-order valence-electron chi connectivity index (χ1n) is 10.5. The van der Waals surface area contributed by atoms with E-state index in [4.69, 9.17) is 33.5 Å². The van der Waals surface area contributed by atoms with Crippen molar-refractivity contribution in [3.63, 3.8) is 0 Å². The maximum Gasteiger partial charge on any atom is 0.414 e. The second-order valence-corrected chi connectivity index (χ2v) is 7.45. The number of aliphatic hydroxyl groups is 1. The number of nitrogens with one attached hydrogen (secondary N) is 1. The van der Waals surface area contributed by atoms with Crippen molar-refractivity contribution in [2.75, 3.05) is 11.9 Å². The van der Waals surface area contributed by atoms with Crippen LogP contribution in [0.3, 0.4) is 0 Å². The summed E-state index contributed by atoms with van der Waals surface area (Å²) >= 11 is 0. The van der Waals surface area contributed by atoms with Crippen LogP contribution in [0, 0.1) is 0 Å². The first kappa shape index (κ1) is 27.5. The summed E-state index contributed by atoms with van der Waals surface area (Å²) in [5.74, 6) is -3.11. The average Bonchev–Trinajstić information content (AvgIpc) is 2.76. The molecule has 35 heavy (non-hydrogen) atoms. The molecular weight excluding hydrogens is 470 g/mol. The zero-order valence-corrected chi connectivity index (χ0v) is 19.5. The smallest absolute Gasteiger partial charge is 0.414 e. The van der Waals surface area contributed by atoms with E-state index in [9.17, 15) is 24.0 Å². The molecule has 1 saturated heterocycles. The standard InChI is InChI=1S/C22H27NO12/c1-11(25)30-10-17-18(31-12(2)26)19(32-13(3)27)20(33-14(4)28)21(34-17)35-22(29)23-16-7-5-15(9-24)6-8-16/h5-8,17-21,24H,9-10H2,1-4H3,(H,23,29)/t17-,18+,19+,20-,21-/m1/s1. The Kier molecular flexibility index (Phi) is 9.97. The van der Waals surface area contributed by atoms with Crippen LogP contribution in [0.5, 0.6) is 0 Å². The van der Waals surface area contributed by atoms with Gasteiger partial charge >= 0.3 is 30.0 Å². The summed E-state index contributed by atoms with van der Waals surface area (Å²) in [5, 5.41) is 11.6. The molecule has 2 N–H and O–H groups in total. The Morgan fingerprint density at radius 2 is 1.34 bits per heavy atom. The molecule has 0 aromatic heterocycles. The van der Waals surface area contributed by atoms with Gasteiger partial charge in [0.15, 0.2) is 12.2 Å². The van der Waals surface area contributed by atoms with Crippen LogP contribution in [-0.2, 0) is 54.2 Å². The lowest BCUT2D eigenvalue weighted by Crippen LogP contribution is -2.63. The summed E-state index contributed by atoms with van der Waals surface area (Å²) in [5.41, 5.74) is 0.932. The molecule has 0 bridgehead atoms. The van der Waals surface area contributed by atoms with E-state index in [2.05, 4.69) is 5.32 Å². The monoisotopic (exact) mass is 497 g/mol. The zero-order chi connectivity index (χ0) is 26.1. The number of aliphatic hydroxyl groups excluding tert-OH is 1. The van der Waals surface area contributed by atoms with E-state index < -0.39 is 67.3 Å². The Bertz CT molecular complexity index is 931. The van der Waals surface area contributed by atoms with Crippen LogP contribution in [0.25, 0.3) is 0 Å². The Balaban J connectivity index is 2.33. The molecule has 1 amide bonds. The van der Waals surface area contributed by atoms with Gasteiger partial charge in [0, 0.05) is 33.4 Å². The lowest BCUT2D eigenvalue weighted by Gasteiger charge is -2.43. The van der Waals surface area contributed by atoms with E-state index in [0.717, 1.165) is 27.7 Å². The predicted molar refractivity (Wildman–Crippen MR) is 114 cm³/mol. The average molecular weight is 497 g/mol. The molecule has 13 nitrogen and oxygen atoms in total. The van der Waals surface area contributed by atoms with Crippen LogP contribution in [-0.4, -0.2) is 72.4 Å². The molecule has 192 valence electrons. The lowest BCUT2D eigenvalue weighted by atomic mass is 9.98. The largest absolute Gasteiger partial charge is 0.463 e. The normalized spacial score (nSPS) is 23.4. The van der Waals surface area contributed by atoms with Gasteiger partial charge in [0.25, 0.3) is 0 Å². The fourth-order valence-electron chi connectivity index (χ4n) is 3.23. The highest BCUT2D eigenvalue weighted by Crippen LogP contribution is 2.30. The fourth-order valence-corrected chi connectivity index (χ4v) is 3.23. The second kappa shape index (κ2) is 12.7. The molecule has 5 atom stereocenters. The number of hydrogen-bond donors (Lipinski definition) is 2. The Labute approximate surface area is 200 Å². The van der Waals surface area contributed by atoms with Gasteiger partial charge < -0.3 is 33.5 Å². The molecule has 1 aromatic rings. The van der Waals surface area contributed by atoms with Crippen molar-refractivity contribution >= 4 is 35.7 Å². The predicted octanol–water partition coefficient (Wildman–Crippen LogP) is 0.810. The summed E-state index contributed by atoms with van der Waals surface area (Å²) in [7, 11) is 0. The van der Waals surface area contributed by atoms with Crippen molar-refractivity contribution in [2.24, 2.45) is 0 Å². The number of carbonyl (C=O) groups is 5. The number of anilines is 1. The third-order valence-electron chi connectivity index (χ3n) is 4.55. The van der Waals surface area contributed by atoms with E-state index in [-0.39, 0.29) is 6.61 Å². The molecule has 2 rings (SSSR count). The van der Waals surface area contributed by atoms with Gasteiger partial charge in [0.05, 0.1) is 6.61 Å². The minimum atomic E-state index is -1.65. The molecule has 1 fully saturated rings. The molecule has 1 heterocycles. The molecule has 0 radical (unpaired) electrons. The Hall–Kier alpha value is -3.71. The van der Waals surface area contributed by atoms with Crippen molar-refractivity contribution < 1.29 is 57.5 Å². The van der Waals surface area contributed by atoms with Crippen LogP contribution in [0.1, 0.15) is 33.3 Å². The van der Waals surface area contributed by atoms with Gasteiger partial charge in [-0.15, -0.1) is 0 Å². The van der Waals surface area contributed by atoms with Gasteiger partial charge in [-0.1, -0.05) is 12.1 Å². The first-order valence-corrected chi connectivity index (χ1v) is 10.5. The molecule has 1 aromatic carbocycles. The molecule has 0 saturated carbocycles. The molecule has 13 heteroatoms. The highest BCUT2D eigenvalue weighted by molar-refractivity contribution is 5.84.